The van der Waals surface area contributed by atoms with Crippen LogP contribution in [0.4, 0.5) is 18.3 Å². The molecule has 0 aliphatic carbocycles. The molecule has 0 saturated heterocycles. The molecule has 182 valence electrons. The van der Waals surface area contributed by atoms with Crippen LogP contribution in [0.15, 0.2) is 36.4 Å². The lowest BCUT2D eigenvalue weighted by Crippen LogP contribution is -2.14. The fraction of sp³-hybridized carbons (Fsp3) is 0.217. The SMILES string of the molecule is Cc1ccc(Cl)cc1-n1nnc(C(=O)Nc2nc(C)c(Cc3cc(C(F)(F)F)ccc3Cl)s2)c1C. The van der Waals surface area contributed by atoms with Gasteiger partial charge in [-0.25, -0.2) is 9.67 Å². The number of thiazole rings is 1. The Balaban J connectivity index is 1.55. The number of anilines is 1. The lowest BCUT2D eigenvalue weighted by Gasteiger charge is -2.10. The number of aromatic nitrogens is 4. The fourth-order valence-corrected chi connectivity index (χ4v) is 4.77. The summed E-state index contributed by atoms with van der Waals surface area (Å²) in [5.41, 5.74) is 2.35. The number of halogens is 5. The number of benzene rings is 2. The van der Waals surface area contributed by atoms with E-state index in [9.17, 15) is 18.0 Å². The first-order valence-electron chi connectivity index (χ1n) is 10.3. The number of amides is 1. The minimum absolute atomic E-state index is 0.111. The molecule has 2 heterocycles. The number of hydrogen-bond donors (Lipinski definition) is 1. The lowest BCUT2D eigenvalue weighted by molar-refractivity contribution is -0.137. The van der Waals surface area contributed by atoms with Gasteiger partial charge in [0.15, 0.2) is 10.8 Å². The number of hydrogen-bond acceptors (Lipinski definition) is 5. The summed E-state index contributed by atoms with van der Waals surface area (Å²) in [7, 11) is 0. The highest BCUT2D eigenvalue weighted by atomic mass is 35.5. The first kappa shape index (κ1) is 25.2. The van der Waals surface area contributed by atoms with Crippen LogP contribution >= 0.6 is 34.5 Å². The van der Waals surface area contributed by atoms with Crippen molar-refractivity contribution in [1.29, 1.82) is 0 Å². The molecular formula is C23H18Cl2F3N5OS. The summed E-state index contributed by atoms with van der Waals surface area (Å²) in [6, 6.07) is 8.53. The van der Waals surface area contributed by atoms with Crippen molar-refractivity contribution in [2.45, 2.75) is 33.4 Å². The van der Waals surface area contributed by atoms with Gasteiger partial charge in [-0.1, -0.05) is 34.5 Å². The van der Waals surface area contributed by atoms with E-state index in [0.717, 1.165) is 29.0 Å². The Hall–Kier alpha value is -2.95. The topological polar surface area (TPSA) is 72.7 Å². The summed E-state index contributed by atoms with van der Waals surface area (Å²) >= 11 is 13.4. The Bertz CT molecular complexity index is 1430. The molecule has 0 saturated carbocycles. The maximum atomic E-state index is 13.1. The first-order valence-corrected chi connectivity index (χ1v) is 11.8. The predicted octanol–water partition coefficient (Wildman–Crippen LogP) is 6.82. The van der Waals surface area contributed by atoms with Gasteiger partial charge in [0.25, 0.3) is 5.91 Å². The summed E-state index contributed by atoms with van der Waals surface area (Å²) in [6.07, 6.45) is -4.33. The average Bonchev–Trinajstić information content (AvgIpc) is 3.32. The van der Waals surface area contributed by atoms with Crippen molar-refractivity contribution < 1.29 is 18.0 Å². The minimum Gasteiger partial charge on any atom is -0.296 e. The molecule has 0 spiro atoms. The highest BCUT2D eigenvalue weighted by molar-refractivity contribution is 7.15. The van der Waals surface area contributed by atoms with Crippen LogP contribution in [0.25, 0.3) is 5.69 Å². The molecule has 2 aromatic carbocycles. The van der Waals surface area contributed by atoms with Crippen molar-refractivity contribution in [3.63, 3.8) is 0 Å². The third kappa shape index (κ3) is 5.34. The van der Waals surface area contributed by atoms with E-state index in [0.29, 0.717) is 37.7 Å². The van der Waals surface area contributed by atoms with Crippen LogP contribution in [0.2, 0.25) is 10.0 Å². The molecule has 2 aromatic heterocycles. The van der Waals surface area contributed by atoms with E-state index in [2.05, 4.69) is 20.6 Å². The first-order chi connectivity index (χ1) is 16.4. The predicted molar refractivity (Wildman–Crippen MR) is 130 cm³/mol. The standard InChI is InChI=1S/C23H18Cl2F3N5OS/c1-11-4-6-16(24)10-18(11)33-13(3)20(31-32-33)21(34)30-22-29-12(2)19(35-22)9-14-8-15(23(26,27)28)5-7-17(14)25/h4-8,10H,9H2,1-3H3,(H,29,30,34). The van der Waals surface area contributed by atoms with E-state index in [1.165, 1.54) is 10.7 Å². The molecule has 0 radical (unpaired) electrons. The van der Waals surface area contributed by atoms with Crippen molar-refractivity contribution in [2.24, 2.45) is 0 Å². The Kier molecular flexibility index (Phi) is 6.90. The van der Waals surface area contributed by atoms with E-state index in [1.54, 1.807) is 26.0 Å². The summed E-state index contributed by atoms with van der Waals surface area (Å²) in [6.45, 7) is 5.32. The van der Waals surface area contributed by atoms with Crippen LogP contribution in [0.1, 0.15) is 43.4 Å². The van der Waals surface area contributed by atoms with Crippen LogP contribution in [-0.2, 0) is 12.6 Å². The number of nitrogens with one attached hydrogen (secondary N) is 1. The van der Waals surface area contributed by atoms with E-state index in [-0.39, 0.29) is 17.1 Å². The van der Waals surface area contributed by atoms with Crippen molar-refractivity contribution >= 4 is 45.6 Å². The van der Waals surface area contributed by atoms with Gasteiger partial charge in [0, 0.05) is 21.3 Å². The summed E-state index contributed by atoms with van der Waals surface area (Å²) in [5.74, 6) is -0.508. The Morgan fingerprint density at radius 2 is 1.86 bits per heavy atom. The Morgan fingerprint density at radius 1 is 1.11 bits per heavy atom. The summed E-state index contributed by atoms with van der Waals surface area (Å²) in [5, 5.41) is 11.8. The van der Waals surface area contributed by atoms with Gasteiger partial charge in [-0.3, -0.25) is 10.1 Å². The van der Waals surface area contributed by atoms with E-state index >= 15 is 0 Å². The maximum Gasteiger partial charge on any atom is 0.416 e. The number of aryl methyl sites for hydroxylation is 2. The van der Waals surface area contributed by atoms with Crippen molar-refractivity contribution in [2.75, 3.05) is 5.32 Å². The second-order valence-corrected chi connectivity index (χ2v) is 9.76. The van der Waals surface area contributed by atoms with Crippen LogP contribution in [-0.4, -0.2) is 25.9 Å². The average molecular weight is 540 g/mol. The fourth-order valence-electron chi connectivity index (χ4n) is 3.44. The number of carbonyl (C=O) groups is 1. The smallest absolute Gasteiger partial charge is 0.296 e. The molecule has 0 unspecified atom stereocenters. The minimum atomic E-state index is -4.47. The Labute approximate surface area is 212 Å². The highest BCUT2D eigenvalue weighted by Gasteiger charge is 2.31. The van der Waals surface area contributed by atoms with E-state index in [4.69, 9.17) is 23.2 Å². The van der Waals surface area contributed by atoms with Crippen molar-refractivity contribution in [3.05, 3.63) is 85.1 Å². The van der Waals surface area contributed by atoms with Gasteiger partial charge in [0.1, 0.15) is 0 Å². The molecule has 4 rings (SSSR count). The molecule has 12 heteroatoms. The quantitative estimate of drug-likeness (QED) is 0.302. The molecule has 0 aliphatic rings. The summed E-state index contributed by atoms with van der Waals surface area (Å²) < 4.78 is 40.8. The second-order valence-electron chi connectivity index (χ2n) is 7.83. The second kappa shape index (κ2) is 9.60. The normalized spacial score (nSPS) is 11.7. The zero-order chi connectivity index (χ0) is 25.5. The van der Waals surface area contributed by atoms with Crippen molar-refractivity contribution in [3.8, 4) is 5.69 Å². The highest BCUT2D eigenvalue weighted by Crippen LogP contribution is 2.34. The van der Waals surface area contributed by atoms with Crippen LogP contribution in [0.5, 0.6) is 0 Å². The number of carbonyl (C=O) groups excluding carboxylic acids is 1. The van der Waals surface area contributed by atoms with Crippen LogP contribution in [0, 0.1) is 20.8 Å². The molecule has 1 amide bonds. The van der Waals surface area contributed by atoms with Crippen molar-refractivity contribution in [1.82, 2.24) is 20.0 Å². The molecule has 6 nitrogen and oxygen atoms in total. The molecule has 0 bridgehead atoms. The van der Waals surface area contributed by atoms with Gasteiger partial charge >= 0.3 is 6.18 Å². The molecule has 1 N–H and O–H groups in total. The molecule has 0 fully saturated rings. The van der Waals surface area contributed by atoms with Gasteiger partial charge < -0.3 is 0 Å². The monoisotopic (exact) mass is 539 g/mol. The number of rotatable bonds is 5. The van der Waals surface area contributed by atoms with Gasteiger partial charge in [0.2, 0.25) is 0 Å². The van der Waals surface area contributed by atoms with E-state index in [1.807, 2.05) is 13.0 Å². The van der Waals surface area contributed by atoms with Gasteiger partial charge in [-0.05, 0) is 62.2 Å². The van der Waals surface area contributed by atoms with Crippen LogP contribution < -0.4 is 5.32 Å². The van der Waals surface area contributed by atoms with Crippen LogP contribution in [0.3, 0.4) is 0 Å². The third-order valence-corrected chi connectivity index (χ3v) is 7.02. The third-order valence-electron chi connectivity index (χ3n) is 5.35. The van der Waals surface area contributed by atoms with Gasteiger partial charge in [-0.2, -0.15) is 13.2 Å². The largest absolute Gasteiger partial charge is 0.416 e. The Morgan fingerprint density at radius 3 is 2.57 bits per heavy atom. The van der Waals surface area contributed by atoms with E-state index < -0.39 is 17.6 Å². The lowest BCUT2D eigenvalue weighted by atomic mass is 10.1. The molecular weight excluding hydrogens is 522 g/mol. The summed E-state index contributed by atoms with van der Waals surface area (Å²) in [4.78, 5) is 17.9. The zero-order valence-corrected chi connectivity index (χ0v) is 21.0. The zero-order valence-electron chi connectivity index (χ0n) is 18.7. The number of alkyl halides is 3. The molecule has 35 heavy (non-hydrogen) atoms. The van der Waals surface area contributed by atoms with Gasteiger partial charge in [-0.15, -0.1) is 16.4 Å². The molecule has 0 aliphatic heterocycles. The maximum absolute atomic E-state index is 13.1. The number of nitrogens with zero attached hydrogens (tertiary/aromatic N) is 4. The molecule has 0 atom stereocenters. The van der Waals surface area contributed by atoms with Gasteiger partial charge in [0.05, 0.1) is 22.6 Å². The molecule has 4 aromatic rings.